The maximum atomic E-state index is 11.9. The van der Waals surface area contributed by atoms with Gasteiger partial charge in [-0.15, -0.1) is 0 Å². The third-order valence-corrected chi connectivity index (χ3v) is 3.13. The average molecular weight is 249 g/mol. The molecule has 1 fully saturated rings. The highest BCUT2D eigenvalue weighted by Gasteiger charge is 2.28. The van der Waals surface area contributed by atoms with Crippen LogP contribution in [0.5, 0.6) is 5.75 Å². The summed E-state index contributed by atoms with van der Waals surface area (Å²) in [6.07, 6.45) is 0. The summed E-state index contributed by atoms with van der Waals surface area (Å²) >= 11 is 0. The molecule has 18 heavy (non-hydrogen) atoms. The number of piperazine rings is 1. The van der Waals surface area contributed by atoms with Gasteiger partial charge in [0, 0.05) is 25.3 Å². The van der Waals surface area contributed by atoms with Crippen LogP contribution in [-0.2, 0) is 4.79 Å². The number of amides is 1. The quantitative estimate of drug-likeness (QED) is 0.801. The molecule has 1 atom stereocenters. The van der Waals surface area contributed by atoms with Crippen molar-refractivity contribution < 1.29 is 9.53 Å². The summed E-state index contributed by atoms with van der Waals surface area (Å²) in [4.78, 5) is 14.0. The van der Waals surface area contributed by atoms with E-state index in [1.807, 2.05) is 31.3 Å². The number of benzene rings is 1. The molecule has 0 aromatic heterocycles. The van der Waals surface area contributed by atoms with Crippen LogP contribution in [0, 0.1) is 0 Å². The standard InChI is InChI=1S/C13H19N3O2/c1-14-9-12-13(17)15-7-8-16(12)10-3-5-11(18-2)6-4-10/h3-6,12,14H,7-9H2,1-2H3,(H,15,17). The molecule has 1 unspecified atom stereocenters. The second kappa shape index (κ2) is 5.73. The first-order valence-electron chi connectivity index (χ1n) is 6.09. The van der Waals surface area contributed by atoms with Crippen LogP contribution in [0.15, 0.2) is 24.3 Å². The molecule has 2 rings (SSSR count). The molecule has 0 aliphatic carbocycles. The summed E-state index contributed by atoms with van der Waals surface area (Å²) < 4.78 is 5.14. The molecule has 1 saturated heterocycles. The fourth-order valence-corrected chi connectivity index (χ4v) is 2.19. The number of rotatable bonds is 4. The van der Waals surface area contributed by atoms with Gasteiger partial charge in [-0.3, -0.25) is 4.79 Å². The molecule has 0 bridgehead atoms. The predicted octanol–water partition coefficient (Wildman–Crippen LogP) is 0.219. The number of hydrogen-bond donors (Lipinski definition) is 2. The summed E-state index contributed by atoms with van der Waals surface area (Å²) in [5, 5.41) is 5.96. The SMILES string of the molecule is CNCC1C(=O)NCCN1c1ccc(OC)cc1. The third kappa shape index (κ3) is 2.56. The van der Waals surface area contributed by atoms with Crippen molar-refractivity contribution in [2.75, 3.05) is 38.7 Å². The predicted molar refractivity (Wildman–Crippen MR) is 71.1 cm³/mol. The van der Waals surface area contributed by atoms with E-state index in [2.05, 4.69) is 15.5 Å². The molecule has 1 aromatic rings. The van der Waals surface area contributed by atoms with E-state index in [1.54, 1.807) is 7.11 Å². The molecule has 1 aliphatic heterocycles. The summed E-state index contributed by atoms with van der Waals surface area (Å²) in [5.41, 5.74) is 1.05. The van der Waals surface area contributed by atoms with Gasteiger partial charge in [-0.05, 0) is 31.3 Å². The molecular weight excluding hydrogens is 230 g/mol. The Morgan fingerprint density at radius 1 is 1.44 bits per heavy atom. The molecule has 1 heterocycles. The lowest BCUT2D eigenvalue weighted by atomic mass is 10.1. The lowest BCUT2D eigenvalue weighted by Crippen LogP contribution is -2.58. The first kappa shape index (κ1) is 12.7. The van der Waals surface area contributed by atoms with Gasteiger partial charge in [-0.25, -0.2) is 0 Å². The highest BCUT2D eigenvalue weighted by atomic mass is 16.5. The van der Waals surface area contributed by atoms with Gasteiger partial charge in [0.1, 0.15) is 11.8 Å². The Labute approximate surface area is 107 Å². The Bertz CT molecular complexity index is 405. The largest absolute Gasteiger partial charge is 0.497 e. The maximum Gasteiger partial charge on any atom is 0.244 e. The fraction of sp³-hybridized carbons (Fsp3) is 0.462. The summed E-state index contributed by atoms with van der Waals surface area (Å²) in [7, 11) is 3.50. The molecule has 0 radical (unpaired) electrons. The average Bonchev–Trinajstić information content (AvgIpc) is 2.41. The van der Waals surface area contributed by atoms with Crippen molar-refractivity contribution >= 4 is 11.6 Å². The zero-order valence-electron chi connectivity index (χ0n) is 10.8. The zero-order valence-corrected chi connectivity index (χ0v) is 10.8. The molecular formula is C13H19N3O2. The van der Waals surface area contributed by atoms with Crippen molar-refractivity contribution in [1.82, 2.24) is 10.6 Å². The molecule has 98 valence electrons. The number of likely N-dealkylation sites (N-methyl/N-ethyl adjacent to an activating group) is 1. The van der Waals surface area contributed by atoms with Crippen LogP contribution in [-0.4, -0.2) is 45.7 Å². The molecule has 1 aliphatic rings. The lowest BCUT2D eigenvalue weighted by molar-refractivity contribution is -0.123. The van der Waals surface area contributed by atoms with E-state index in [0.717, 1.165) is 18.0 Å². The van der Waals surface area contributed by atoms with E-state index in [1.165, 1.54) is 0 Å². The van der Waals surface area contributed by atoms with Crippen LogP contribution in [0.3, 0.4) is 0 Å². The van der Waals surface area contributed by atoms with Crippen molar-refractivity contribution in [3.8, 4) is 5.75 Å². The Kier molecular flexibility index (Phi) is 4.04. The van der Waals surface area contributed by atoms with Crippen LogP contribution < -0.4 is 20.3 Å². The number of carbonyl (C=O) groups is 1. The molecule has 0 saturated carbocycles. The van der Waals surface area contributed by atoms with Crippen LogP contribution in [0.4, 0.5) is 5.69 Å². The number of methoxy groups -OCH3 is 1. The number of hydrogen-bond acceptors (Lipinski definition) is 4. The first-order chi connectivity index (χ1) is 8.76. The summed E-state index contributed by atoms with van der Waals surface area (Å²) in [5.74, 6) is 0.900. The van der Waals surface area contributed by atoms with Crippen molar-refractivity contribution in [2.45, 2.75) is 6.04 Å². The first-order valence-corrected chi connectivity index (χ1v) is 6.09. The van der Waals surface area contributed by atoms with E-state index in [0.29, 0.717) is 13.1 Å². The minimum Gasteiger partial charge on any atom is -0.497 e. The van der Waals surface area contributed by atoms with Gasteiger partial charge in [0.05, 0.1) is 7.11 Å². The van der Waals surface area contributed by atoms with Gasteiger partial charge in [-0.2, -0.15) is 0 Å². The Balaban J connectivity index is 2.19. The van der Waals surface area contributed by atoms with E-state index in [9.17, 15) is 4.79 Å². The van der Waals surface area contributed by atoms with E-state index in [4.69, 9.17) is 4.74 Å². The molecule has 5 heteroatoms. The normalized spacial score (nSPS) is 19.6. The van der Waals surface area contributed by atoms with Gasteiger partial charge in [-0.1, -0.05) is 0 Å². The van der Waals surface area contributed by atoms with Crippen molar-refractivity contribution in [2.24, 2.45) is 0 Å². The number of nitrogens with one attached hydrogen (secondary N) is 2. The van der Waals surface area contributed by atoms with Crippen LogP contribution in [0.1, 0.15) is 0 Å². The number of ether oxygens (including phenoxy) is 1. The topological polar surface area (TPSA) is 53.6 Å². The minimum atomic E-state index is -0.155. The Morgan fingerprint density at radius 2 is 2.17 bits per heavy atom. The molecule has 0 spiro atoms. The second-order valence-electron chi connectivity index (χ2n) is 4.26. The molecule has 5 nitrogen and oxygen atoms in total. The van der Waals surface area contributed by atoms with Gasteiger partial charge in [0.25, 0.3) is 0 Å². The van der Waals surface area contributed by atoms with Gasteiger partial charge < -0.3 is 20.3 Å². The number of nitrogens with zero attached hydrogens (tertiary/aromatic N) is 1. The number of anilines is 1. The lowest BCUT2D eigenvalue weighted by Gasteiger charge is -2.36. The van der Waals surface area contributed by atoms with E-state index in [-0.39, 0.29) is 11.9 Å². The van der Waals surface area contributed by atoms with Gasteiger partial charge in [0.15, 0.2) is 0 Å². The molecule has 1 amide bonds. The zero-order chi connectivity index (χ0) is 13.0. The van der Waals surface area contributed by atoms with Crippen molar-refractivity contribution in [1.29, 1.82) is 0 Å². The van der Waals surface area contributed by atoms with Crippen molar-refractivity contribution in [3.05, 3.63) is 24.3 Å². The smallest absolute Gasteiger partial charge is 0.244 e. The molecule has 1 aromatic carbocycles. The van der Waals surface area contributed by atoms with Crippen LogP contribution in [0.2, 0.25) is 0 Å². The van der Waals surface area contributed by atoms with Crippen LogP contribution in [0.25, 0.3) is 0 Å². The highest BCUT2D eigenvalue weighted by molar-refractivity contribution is 5.86. The monoisotopic (exact) mass is 249 g/mol. The Morgan fingerprint density at radius 3 is 2.78 bits per heavy atom. The fourth-order valence-electron chi connectivity index (χ4n) is 2.19. The minimum absolute atomic E-state index is 0.0754. The third-order valence-electron chi connectivity index (χ3n) is 3.13. The second-order valence-corrected chi connectivity index (χ2v) is 4.26. The number of carbonyl (C=O) groups excluding carboxylic acids is 1. The molecule has 2 N–H and O–H groups in total. The Hall–Kier alpha value is -1.75. The summed E-state index contributed by atoms with van der Waals surface area (Å²) in [6.45, 7) is 2.15. The highest BCUT2D eigenvalue weighted by Crippen LogP contribution is 2.22. The summed E-state index contributed by atoms with van der Waals surface area (Å²) in [6, 6.07) is 7.65. The van der Waals surface area contributed by atoms with E-state index < -0.39 is 0 Å². The van der Waals surface area contributed by atoms with Crippen molar-refractivity contribution in [3.63, 3.8) is 0 Å². The maximum absolute atomic E-state index is 11.9. The van der Waals surface area contributed by atoms with Crippen LogP contribution >= 0.6 is 0 Å². The van der Waals surface area contributed by atoms with E-state index >= 15 is 0 Å². The van der Waals surface area contributed by atoms with Gasteiger partial charge in [0.2, 0.25) is 5.91 Å². The van der Waals surface area contributed by atoms with Gasteiger partial charge >= 0.3 is 0 Å².